The van der Waals surface area contributed by atoms with Crippen molar-refractivity contribution < 1.29 is 47.9 Å². The number of nitrogens with one attached hydrogen (secondary N) is 6. The van der Waals surface area contributed by atoms with Crippen LogP contribution in [0, 0.1) is 0 Å². The van der Waals surface area contributed by atoms with Crippen molar-refractivity contribution >= 4 is 102 Å². The Morgan fingerprint density at radius 3 is 1.26 bits per heavy atom. The van der Waals surface area contributed by atoms with Crippen molar-refractivity contribution in [2.24, 2.45) is 11.5 Å². The number of primary amides is 2. The molecule has 10 N–H and O–H groups in total. The smallest absolute Gasteiger partial charge is 0.242 e. The Labute approximate surface area is 424 Å². The third-order valence-electron chi connectivity index (χ3n) is 10.8. The van der Waals surface area contributed by atoms with Crippen LogP contribution in [0.2, 0.25) is 0 Å². The highest BCUT2D eigenvalue weighted by Gasteiger charge is 2.21. The van der Waals surface area contributed by atoms with Crippen LogP contribution in [-0.2, 0) is 61.0 Å². The lowest BCUT2D eigenvalue weighted by Gasteiger charge is -2.24. The largest absolute Gasteiger partial charge is 0.368 e. The Hall–Kier alpha value is -7.34. The zero-order valence-corrected chi connectivity index (χ0v) is 42.3. The monoisotopic (exact) mass is 1030 g/mol. The standard InChI is InChI=1S/C48H62N12O10S2/c1-29(61)51-23-41(65)53-25-43(67)59(17-7-5-13-37(47(49)69)57-31(3)63)27-33-19-35-11-9-15-39(45(35)55-21-33)71-72-40-16-10-12-36-20-34(22-56-46(36)40)28-60(44(68)26-54-42(66)24-52-30(2)62)18-8-6-14-38(48(50)70)58-32(4)64/h9-12,15-16,19-22,37-38H,5-8,13-14,17-18,23-28H2,1-4H3,(H2,49,69)(H2,50,70)(H,51,61)(H,52,62)(H,53,65)(H,54,66)(H,57,63)(H,58,64)/t37-,38+. The summed E-state index contributed by atoms with van der Waals surface area (Å²) < 4.78 is 0. The summed E-state index contributed by atoms with van der Waals surface area (Å²) in [4.78, 5) is 135. The Balaban J connectivity index is 1.47. The van der Waals surface area contributed by atoms with Gasteiger partial charge in [0.05, 0.1) is 37.2 Å². The second kappa shape index (κ2) is 29.1. The highest BCUT2D eigenvalue weighted by molar-refractivity contribution is 8.76. The van der Waals surface area contributed by atoms with E-state index in [2.05, 4.69) is 31.9 Å². The Morgan fingerprint density at radius 1 is 0.528 bits per heavy atom. The second-order valence-corrected chi connectivity index (χ2v) is 19.0. The maximum Gasteiger partial charge on any atom is 0.242 e. The summed E-state index contributed by atoms with van der Waals surface area (Å²) in [7, 11) is 2.98. The maximum absolute atomic E-state index is 13.5. The van der Waals surface area contributed by atoms with Gasteiger partial charge in [0.2, 0.25) is 59.1 Å². The lowest BCUT2D eigenvalue weighted by Crippen LogP contribution is -2.44. The van der Waals surface area contributed by atoms with Crippen LogP contribution in [0.1, 0.15) is 77.3 Å². The molecular weight excluding hydrogens is 969 g/mol. The van der Waals surface area contributed by atoms with Crippen molar-refractivity contribution in [3.63, 3.8) is 0 Å². The van der Waals surface area contributed by atoms with Crippen LogP contribution in [0.3, 0.4) is 0 Å². The molecule has 22 nitrogen and oxygen atoms in total. The summed E-state index contributed by atoms with van der Waals surface area (Å²) in [5, 5.41) is 16.6. The van der Waals surface area contributed by atoms with Gasteiger partial charge in [0.15, 0.2) is 0 Å². The van der Waals surface area contributed by atoms with E-state index in [1.807, 2.05) is 48.5 Å². The van der Waals surface area contributed by atoms with Crippen LogP contribution in [0.5, 0.6) is 0 Å². The average molecular weight is 1030 g/mol. The fourth-order valence-corrected chi connectivity index (χ4v) is 9.54. The number of para-hydroxylation sites is 2. The molecule has 2 aromatic carbocycles. The number of fused-ring (bicyclic) bond motifs is 2. The van der Waals surface area contributed by atoms with Crippen molar-refractivity contribution in [2.45, 2.75) is 101 Å². The molecule has 72 heavy (non-hydrogen) atoms. The van der Waals surface area contributed by atoms with E-state index in [4.69, 9.17) is 21.4 Å². The van der Waals surface area contributed by atoms with E-state index in [-0.39, 0.29) is 101 Å². The van der Waals surface area contributed by atoms with E-state index in [9.17, 15) is 47.9 Å². The van der Waals surface area contributed by atoms with Crippen LogP contribution < -0.4 is 43.4 Å². The lowest BCUT2D eigenvalue weighted by atomic mass is 10.1. The highest BCUT2D eigenvalue weighted by Crippen LogP contribution is 2.42. The number of aromatic nitrogens is 2. The topological polar surface area (TPSA) is 327 Å². The fourth-order valence-electron chi connectivity index (χ4n) is 7.25. The van der Waals surface area contributed by atoms with E-state index in [1.165, 1.54) is 49.3 Å². The molecule has 0 aliphatic rings. The average Bonchev–Trinajstić information content (AvgIpc) is 3.33. The number of hydrogen-bond donors (Lipinski definition) is 8. The lowest BCUT2D eigenvalue weighted by molar-refractivity contribution is -0.133. The molecule has 0 saturated heterocycles. The second-order valence-electron chi connectivity index (χ2n) is 16.8. The Kier molecular flexibility index (Phi) is 23.1. The molecule has 4 aromatic rings. The Morgan fingerprint density at radius 2 is 0.917 bits per heavy atom. The zero-order chi connectivity index (χ0) is 52.7. The predicted molar refractivity (Wildman–Crippen MR) is 271 cm³/mol. The first-order valence-corrected chi connectivity index (χ1v) is 25.2. The number of benzene rings is 2. The number of unbranched alkanes of at least 4 members (excludes halogenated alkanes) is 2. The van der Waals surface area contributed by atoms with Crippen molar-refractivity contribution in [3.05, 3.63) is 72.1 Å². The quantitative estimate of drug-likeness (QED) is 0.0279. The zero-order valence-electron chi connectivity index (χ0n) is 40.7. The number of pyridine rings is 2. The molecule has 0 unspecified atom stereocenters. The summed E-state index contributed by atoms with van der Waals surface area (Å²) in [6.45, 7) is 4.78. The molecule has 0 aliphatic carbocycles. The van der Waals surface area contributed by atoms with Gasteiger partial charge < -0.3 is 53.2 Å². The van der Waals surface area contributed by atoms with Crippen molar-refractivity contribution in [1.82, 2.24) is 51.7 Å². The normalized spacial score (nSPS) is 11.7. The minimum atomic E-state index is -0.850. The number of nitrogens with two attached hydrogens (primary N) is 2. The molecule has 4 rings (SSSR count). The molecule has 0 saturated carbocycles. The van der Waals surface area contributed by atoms with Gasteiger partial charge in [0, 0.05) is 86.8 Å². The van der Waals surface area contributed by atoms with Gasteiger partial charge in [-0.15, -0.1) is 0 Å². The molecule has 0 fully saturated rings. The third-order valence-corrected chi connectivity index (χ3v) is 13.2. The molecule has 2 atom stereocenters. The van der Waals surface area contributed by atoms with Crippen LogP contribution in [0.4, 0.5) is 0 Å². The van der Waals surface area contributed by atoms with Gasteiger partial charge in [-0.25, -0.2) is 0 Å². The number of nitrogens with zero attached hydrogens (tertiary/aromatic N) is 4. The van der Waals surface area contributed by atoms with Gasteiger partial charge in [0.25, 0.3) is 0 Å². The SMILES string of the molecule is CC(=O)NCC(=O)NCC(=O)N(CCCC[C@H](NC(C)=O)C(N)=O)Cc1cnc2c(SSc3cccc4cc(CN(CCCC[C@@H](NC(C)=O)C(N)=O)C(=O)CNC(=O)CNC(C)=O)cnc34)cccc2c1. The molecule has 0 radical (unpaired) electrons. The van der Waals surface area contributed by atoms with E-state index >= 15 is 0 Å². The highest BCUT2D eigenvalue weighted by atomic mass is 33.1. The van der Waals surface area contributed by atoms with Crippen molar-refractivity contribution in [1.29, 1.82) is 0 Å². The first-order valence-electron chi connectivity index (χ1n) is 23.1. The molecule has 0 bridgehead atoms. The summed E-state index contributed by atoms with van der Waals surface area (Å²) in [6.07, 6.45) is 5.78. The number of carbonyl (C=O) groups is 10. The van der Waals surface area contributed by atoms with E-state index in [0.717, 1.165) is 42.7 Å². The minimum Gasteiger partial charge on any atom is -0.368 e. The molecule has 0 spiro atoms. The minimum absolute atomic E-state index is 0.157. The van der Waals surface area contributed by atoms with Crippen LogP contribution >= 0.6 is 21.6 Å². The van der Waals surface area contributed by atoms with Gasteiger partial charge in [-0.1, -0.05) is 45.9 Å². The molecule has 2 heterocycles. The van der Waals surface area contributed by atoms with E-state index < -0.39 is 35.7 Å². The summed E-state index contributed by atoms with van der Waals surface area (Å²) >= 11 is 0. The van der Waals surface area contributed by atoms with Gasteiger partial charge >= 0.3 is 0 Å². The number of amides is 10. The van der Waals surface area contributed by atoms with Gasteiger partial charge in [-0.2, -0.15) is 0 Å². The molecule has 10 amide bonds. The first-order chi connectivity index (χ1) is 34.3. The fraction of sp³-hybridized carbons (Fsp3) is 0.417. The van der Waals surface area contributed by atoms with Crippen LogP contribution in [-0.4, -0.2) is 130 Å². The van der Waals surface area contributed by atoms with Crippen molar-refractivity contribution in [2.75, 3.05) is 39.3 Å². The van der Waals surface area contributed by atoms with Crippen LogP contribution in [0.25, 0.3) is 21.8 Å². The maximum atomic E-state index is 13.5. The third kappa shape index (κ3) is 19.8. The number of hydrogen-bond acceptors (Lipinski definition) is 14. The van der Waals surface area contributed by atoms with Gasteiger partial charge in [0.1, 0.15) is 12.1 Å². The van der Waals surface area contributed by atoms with Crippen molar-refractivity contribution in [3.8, 4) is 0 Å². The Bertz CT molecular complexity index is 2460. The number of rotatable bonds is 29. The summed E-state index contributed by atoms with van der Waals surface area (Å²) in [5.74, 6) is -4.69. The summed E-state index contributed by atoms with van der Waals surface area (Å²) in [6, 6.07) is 13.7. The molecule has 0 aliphatic heterocycles. The van der Waals surface area contributed by atoms with Crippen LogP contribution in [0.15, 0.2) is 70.7 Å². The number of carbonyl (C=O) groups excluding carboxylic acids is 10. The molecular formula is C48H62N12O10S2. The van der Waals surface area contributed by atoms with Gasteiger partial charge in [-0.05, 0) is 73.9 Å². The molecule has 386 valence electrons. The van der Waals surface area contributed by atoms with E-state index in [0.29, 0.717) is 25.7 Å². The molecule has 2 aromatic heterocycles. The van der Waals surface area contributed by atoms with Gasteiger partial charge in [-0.3, -0.25) is 57.9 Å². The van der Waals surface area contributed by atoms with E-state index in [1.54, 1.807) is 22.2 Å². The first kappa shape index (κ1) is 57.2. The summed E-state index contributed by atoms with van der Waals surface area (Å²) in [5.41, 5.74) is 13.8. The predicted octanol–water partition coefficient (Wildman–Crippen LogP) is 1.06. The molecule has 24 heteroatoms.